The molecule has 2 aromatic carbocycles. The molecule has 3 rings (SSSR count). The predicted molar refractivity (Wildman–Crippen MR) is 87.4 cm³/mol. The Balaban J connectivity index is 2.12. The Labute approximate surface area is 136 Å². The van der Waals surface area contributed by atoms with Crippen LogP contribution >= 0.6 is 0 Å². The van der Waals surface area contributed by atoms with Gasteiger partial charge in [0.05, 0.1) is 29.6 Å². The lowest BCUT2D eigenvalue weighted by atomic mass is 10.1. The molecule has 0 unspecified atom stereocenters. The van der Waals surface area contributed by atoms with Crippen LogP contribution in [0.2, 0.25) is 0 Å². The SMILES string of the molecule is COc1cc(N)c2ncccc2c1Nc1cccc(C(F)(F)F)c1. The number of rotatable bonds is 3. The molecule has 0 spiro atoms. The summed E-state index contributed by atoms with van der Waals surface area (Å²) >= 11 is 0. The van der Waals surface area contributed by atoms with Crippen molar-refractivity contribution in [2.45, 2.75) is 6.18 Å². The third-order valence-corrected chi connectivity index (χ3v) is 3.56. The molecule has 3 N–H and O–H groups in total. The van der Waals surface area contributed by atoms with Gasteiger partial charge >= 0.3 is 6.18 Å². The van der Waals surface area contributed by atoms with Crippen LogP contribution in [-0.2, 0) is 6.18 Å². The maximum atomic E-state index is 12.9. The van der Waals surface area contributed by atoms with Gasteiger partial charge < -0.3 is 15.8 Å². The number of hydrogen-bond acceptors (Lipinski definition) is 4. The third-order valence-electron chi connectivity index (χ3n) is 3.56. The molecule has 0 saturated heterocycles. The number of hydrogen-bond donors (Lipinski definition) is 2. The number of halogens is 3. The average molecular weight is 333 g/mol. The first-order chi connectivity index (χ1) is 11.4. The standard InChI is InChI=1S/C17H14F3N3O/c1-24-14-9-13(21)15-12(6-3-7-22-15)16(14)23-11-5-2-4-10(8-11)17(18,19)20/h2-9,23H,21H2,1H3. The number of ether oxygens (including phenoxy) is 1. The lowest BCUT2D eigenvalue weighted by molar-refractivity contribution is -0.137. The summed E-state index contributed by atoms with van der Waals surface area (Å²) in [6.45, 7) is 0. The highest BCUT2D eigenvalue weighted by Crippen LogP contribution is 2.39. The van der Waals surface area contributed by atoms with Crippen LogP contribution in [0.25, 0.3) is 10.9 Å². The Morgan fingerprint density at radius 2 is 1.92 bits per heavy atom. The lowest BCUT2D eigenvalue weighted by Crippen LogP contribution is -2.05. The highest BCUT2D eigenvalue weighted by Gasteiger charge is 2.30. The van der Waals surface area contributed by atoms with Crippen LogP contribution in [0.15, 0.2) is 48.7 Å². The van der Waals surface area contributed by atoms with E-state index in [9.17, 15) is 13.2 Å². The molecule has 0 aliphatic carbocycles. The second-order valence-corrected chi connectivity index (χ2v) is 5.15. The van der Waals surface area contributed by atoms with E-state index in [2.05, 4.69) is 10.3 Å². The normalized spacial score (nSPS) is 11.5. The van der Waals surface area contributed by atoms with E-state index in [4.69, 9.17) is 10.5 Å². The number of nitrogens with zero attached hydrogens (tertiary/aromatic N) is 1. The first kappa shape index (κ1) is 15.9. The highest BCUT2D eigenvalue weighted by atomic mass is 19.4. The minimum absolute atomic E-state index is 0.290. The summed E-state index contributed by atoms with van der Waals surface area (Å²) in [4.78, 5) is 4.21. The van der Waals surface area contributed by atoms with E-state index < -0.39 is 11.7 Å². The van der Waals surface area contributed by atoms with Crippen molar-refractivity contribution >= 4 is 28.0 Å². The fourth-order valence-electron chi connectivity index (χ4n) is 2.46. The number of nitrogens with two attached hydrogens (primary N) is 1. The van der Waals surface area contributed by atoms with E-state index in [1.165, 1.54) is 13.2 Å². The summed E-state index contributed by atoms with van der Waals surface area (Å²) in [5.41, 5.74) is 7.00. The van der Waals surface area contributed by atoms with Gasteiger partial charge in [-0.25, -0.2) is 0 Å². The molecular formula is C17H14F3N3O. The molecule has 4 nitrogen and oxygen atoms in total. The van der Waals surface area contributed by atoms with E-state index in [1.807, 2.05) is 0 Å². The van der Waals surface area contributed by atoms with E-state index in [0.29, 0.717) is 28.0 Å². The zero-order valence-electron chi connectivity index (χ0n) is 12.7. The molecule has 0 atom stereocenters. The van der Waals surface area contributed by atoms with Gasteiger partial charge in [0.1, 0.15) is 5.75 Å². The summed E-state index contributed by atoms with van der Waals surface area (Å²) in [5, 5.41) is 3.64. The van der Waals surface area contributed by atoms with Crippen molar-refractivity contribution in [1.82, 2.24) is 4.98 Å². The Morgan fingerprint density at radius 1 is 1.12 bits per heavy atom. The number of aromatic nitrogens is 1. The van der Waals surface area contributed by atoms with Crippen LogP contribution in [0, 0.1) is 0 Å². The number of benzene rings is 2. The maximum Gasteiger partial charge on any atom is 0.416 e. The van der Waals surface area contributed by atoms with Gasteiger partial charge in [-0.3, -0.25) is 4.98 Å². The molecule has 7 heteroatoms. The largest absolute Gasteiger partial charge is 0.494 e. The molecule has 24 heavy (non-hydrogen) atoms. The van der Waals surface area contributed by atoms with Crippen molar-refractivity contribution in [1.29, 1.82) is 0 Å². The fourth-order valence-corrected chi connectivity index (χ4v) is 2.46. The Hall–Kier alpha value is -2.96. The zero-order valence-corrected chi connectivity index (χ0v) is 12.7. The Morgan fingerprint density at radius 3 is 2.62 bits per heavy atom. The molecule has 0 saturated carbocycles. The van der Waals surface area contributed by atoms with Crippen LogP contribution in [0.1, 0.15) is 5.56 Å². The molecule has 3 aromatic rings. The van der Waals surface area contributed by atoms with Gasteiger partial charge in [0.2, 0.25) is 0 Å². The number of methoxy groups -OCH3 is 1. The number of fused-ring (bicyclic) bond motifs is 1. The van der Waals surface area contributed by atoms with E-state index in [0.717, 1.165) is 12.1 Å². The van der Waals surface area contributed by atoms with Gasteiger partial charge in [0.15, 0.2) is 0 Å². The quantitative estimate of drug-likeness (QED) is 0.688. The summed E-state index contributed by atoms with van der Waals surface area (Å²) in [6.07, 6.45) is -2.81. The molecule has 124 valence electrons. The summed E-state index contributed by atoms with van der Waals surface area (Å²) < 4.78 is 43.9. The van der Waals surface area contributed by atoms with Crippen LogP contribution in [0.4, 0.5) is 30.2 Å². The van der Waals surface area contributed by atoms with Crippen molar-refractivity contribution in [2.75, 3.05) is 18.2 Å². The smallest absolute Gasteiger partial charge is 0.416 e. The number of anilines is 3. The molecule has 1 aromatic heterocycles. The maximum absolute atomic E-state index is 12.9. The minimum atomic E-state index is -4.41. The van der Waals surface area contributed by atoms with Gasteiger partial charge in [0, 0.05) is 23.3 Å². The van der Waals surface area contributed by atoms with E-state index in [1.54, 1.807) is 30.5 Å². The molecule has 0 aliphatic rings. The molecule has 0 amide bonds. The van der Waals surface area contributed by atoms with Crippen LogP contribution in [-0.4, -0.2) is 12.1 Å². The molecular weight excluding hydrogens is 319 g/mol. The van der Waals surface area contributed by atoms with Crippen molar-refractivity contribution in [3.63, 3.8) is 0 Å². The number of alkyl halides is 3. The zero-order chi connectivity index (χ0) is 17.3. The number of pyridine rings is 1. The Bertz CT molecular complexity index is 894. The minimum Gasteiger partial charge on any atom is -0.494 e. The van der Waals surface area contributed by atoms with Gasteiger partial charge in [-0.05, 0) is 30.3 Å². The van der Waals surface area contributed by atoms with Gasteiger partial charge in [0.25, 0.3) is 0 Å². The number of nitrogen functional groups attached to an aromatic ring is 1. The molecule has 0 bridgehead atoms. The van der Waals surface area contributed by atoms with Crippen LogP contribution in [0.3, 0.4) is 0 Å². The predicted octanol–water partition coefficient (Wildman–Crippen LogP) is 4.59. The second kappa shape index (κ2) is 5.92. The van der Waals surface area contributed by atoms with Crippen LogP contribution in [0.5, 0.6) is 5.75 Å². The van der Waals surface area contributed by atoms with E-state index in [-0.39, 0.29) is 5.69 Å². The van der Waals surface area contributed by atoms with Crippen molar-refractivity contribution in [2.24, 2.45) is 0 Å². The van der Waals surface area contributed by atoms with Crippen LogP contribution < -0.4 is 15.8 Å². The van der Waals surface area contributed by atoms with Gasteiger partial charge in [-0.15, -0.1) is 0 Å². The van der Waals surface area contributed by atoms with Gasteiger partial charge in [-0.1, -0.05) is 6.07 Å². The van der Waals surface area contributed by atoms with Crippen molar-refractivity contribution in [3.05, 3.63) is 54.2 Å². The highest BCUT2D eigenvalue weighted by molar-refractivity contribution is 6.02. The van der Waals surface area contributed by atoms with Gasteiger partial charge in [-0.2, -0.15) is 13.2 Å². The third kappa shape index (κ3) is 2.92. The molecule has 0 fully saturated rings. The first-order valence-electron chi connectivity index (χ1n) is 7.05. The lowest BCUT2D eigenvalue weighted by Gasteiger charge is -2.16. The average Bonchev–Trinajstić information content (AvgIpc) is 2.57. The van der Waals surface area contributed by atoms with E-state index >= 15 is 0 Å². The van der Waals surface area contributed by atoms with Crippen molar-refractivity contribution < 1.29 is 17.9 Å². The summed E-state index contributed by atoms with van der Waals surface area (Å²) in [5.74, 6) is 0.422. The van der Waals surface area contributed by atoms with Crippen molar-refractivity contribution in [3.8, 4) is 5.75 Å². The molecule has 0 radical (unpaired) electrons. The molecule has 1 heterocycles. The second-order valence-electron chi connectivity index (χ2n) is 5.15. The summed E-state index contributed by atoms with van der Waals surface area (Å²) in [6, 6.07) is 10.0. The first-order valence-corrected chi connectivity index (χ1v) is 7.05. The topological polar surface area (TPSA) is 60.2 Å². The fraction of sp³-hybridized carbons (Fsp3) is 0.118. The monoisotopic (exact) mass is 333 g/mol. The molecule has 0 aliphatic heterocycles. The summed E-state index contributed by atoms with van der Waals surface area (Å²) in [7, 11) is 1.47. The number of nitrogens with one attached hydrogen (secondary N) is 1. The Kier molecular flexibility index (Phi) is 3.92.